The van der Waals surface area contributed by atoms with Crippen LogP contribution in [0.2, 0.25) is 0 Å². The highest BCUT2D eigenvalue weighted by molar-refractivity contribution is 5.47. The van der Waals surface area contributed by atoms with Crippen molar-refractivity contribution < 1.29 is 37.9 Å². The molecule has 0 unspecified atom stereocenters. The molecule has 0 aromatic heterocycles. The third-order valence-electron chi connectivity index (χ3n) is 14.4. The molecule has 6 aromatic rings. The molecule has 8 nitrogen and oxygen atoms in total. The zero-order valence-electron chi connectivity index (χ0n) is 62.9. The Morgan fingerprint density at radius 3 is 1.12 bits per heavy atom. The van der Waals surface area contributed by atoms with Gasteiger partial charge in [0.2, 0.25) is 6.79 Å². The van der Waals surface area contributed by atoms with Crippen molar-refractivity contribution in [1.82, 2.24) is 0 Å². The molecule has 0 radical (unpaired) electrons. The summed E-state index contributed by atoms with van der Waals surface area (Å²) < 4.78 is 44.8. The molecule has 0 amide bonds. The molecular weight excluding hydrogens is 1150 g/mol. The van der Waals surface area contributed by atoms with Gasteiger partial charge in [0.25, 0.3) is 0 Å². The number of rotatable bonds is 21. The fraction of sp³-hybridized carbons (Fsp3) is 0.576. The molecule has 2 aliphatic rings. The van der Waals surface area contributed by atoms with E-state index in [1.54, 1.807) is 0 Å². The highest BCUT2D eigenvalue weighted by Crippen LogP contribution is 2.37. The molecule has 1 heterocycles. The Labute approximate surface area is 569 Å². The van der Waals surface area contributed by atoms with Crippen LogP contribution in [0.15, 0.2) is 140 Å². The third-order valence-corrected chi connectivity index (χ3v) is 14.4. The first-order chi connectivity index (χ1) is 43.5. The van der Waals surface area contributed by atoms with E-state index in [1.807, 2.05) is 24.3 Å². The summed E-state index contributed by atoms with van der Waals surface area (Å²) in [6, 6.07) is 48.1. The predicted molar refractivity (Wildman–Crippen MR) is 396 cm³/mol. The summed E-state index contributed by atoms with van der Waals surface area (Å²) in [6.07, 6.45) is 14.0. The first-order valence-electron chi connectivity index (χ1n) is 35.1. The molecule has 8 heteroatoms. The lowest BCUT2D eigenvalue weighted by Gasteiger charge is -2.19. The van der Waals surface area contributed by atoms with Crippen LogP contribution in [0.4, 0.5) is 0 Å². The zero-order chi connectivity index (χ0) is 69.3. The lowest BCUT2D eigenvalue weighted by Crippen LogP contribution is -2.16. The van der Waals surface area contributed by atoms with E-state index in [1.165, 1.54) is 85.6 Å². The SMILES string of the molecule is CC(C)(C)COc1ccc(C2CCCC2)cc1.CC(C)(C)COc1ccc2c(c1)OCO2.CC(C)c1ccc(OCC(C)(C)C)cc1.CCCCCc1ccc(OCC(C)(C)C)cc1.CCCc1ccc(OCC(C)(C)C)cc1.CCc1cccc(OCC(C)(C)C)c1. The highest BCUT2D eigenvalue weighted by Gasteiger charge is 2.19. The topological polar surface area (TPSA) is 73.8 Å². The van der Waals surface area contributed by atoms with E-state index in [9.17, 15) is 0 Å². The molecular formula is C85H130O8. The molecule has 0 bridgehead atoms. The first kappa shape index (κ1) is 81.0. The summed E-state index contributed by atoms with van der Waals surface area (Å²) in [6.45, 7) is 55.0. The normalized spacial score (nSPS) is 13.0. The van der Waals surface area contributed by atoms with E-state index >= 15 is 0 Å². The summed E-state index contributed by atoms with van der Waals surface area (Å²) in [5.41, 5.74) is 8.27. The van der Waals surface area contributed by atoms with Crippen LogP contribution in [0.1, 0.15) is 250 Å². The van der Waals surface area contributed by atoms with Gasteiger partial charge in [-0.3, -0.25) is 0 Å². The van der Waals surface area contributed by atoms with Gasteiger partial charge in [0, 0.05) is 6.07 Å². The Morgan fingerprint density at radius 2 is 0.731 bits per heavy atom. The number of aryl methyl sites for hydroxylation is 3. The number of hydrogen-bond donors (Lipinski definition) is 0. The van der Waals surface area contributed by atoms with Gasteiger partial charge < -0.3 is 37.9 Å². The Bertz CT molecular complexity index is 2890. The quantitative estimate of drug-likeness (QED) is 0.0660. The van der Waals surface area contributed by atoms with Crippen molar-refractivity contribution >= 4 is 0 Å². The van der Waals surface area contributed by atoms with Crippen LogP contribution in [0.3, 0.4) is 0 Å². The van der Waals surface area contributed by atoms with Crippen molar-refractivity contribution in [3.8, 4) is 46.0 Å². The van der Waals surface area contributed by atoms with Gasteiger partial charge >= 0.3 is 0 Å². The lowest BCUT2D eigenvalue weighted by molar-refractivity contribution is 0.173. The van der Waals surface area contributed by atoms with Gasteiger partial charge in [-0.05, 0) is 183 Å². The van der Waals surface area contributed by atoms with Crippen LogP contribution in [0, 0.1) is 32.5 Å². The summed E-state index contributed by atoms with van der Waals surface area (Å²) in [7, 11) is 0. The van der Waals surface area contributed by atoms with E-state index in [0.29, 0.717) is 19.3 Å². The van der Waals surface area contributed by atoms with E-state index in [2.05, 4.69) is 275 Å². The number of ether oxygens (including phenoxy) is 8. The molecule has 518 valence electrons. The molecule has 93 heavy (non-hydrogen) atoms. The average Bonchev–Trinajstić information content (AvgIpc) is 1.83. The van der Waals surface area contributed by atoms with Gasteiger partial charge in [-0.1, -0.05) is 252 Å². The number of fused-ring (bicyclic) bond motifs is 1. The maximum atomic E-state index is 5.79. The first-order valence-corrected chi connectivity index (χ1v) is 35.1. The van der Waals surface area contributed by atoms with E-state index < -0.39 is 0 Å². The largest absolute Gasteiger partial charge is 0.493 e. The van der Waals surface area contributed by atoms with E-state index in [-0.39, 0.29) is 32.5 Å². The molecule has 0 atom stereocenters. The van der Waals surface area contributed by atoms with Crippen molar-refractivity contribution in [3.63, 3.8) is 0 Å². The number of benzene rings is 6. The average molecular weight is 1280 g/mol. The number of hydrogen-bond acceptors (Lipinski definition) is 8. The Hall–Kier alpha value is -6.28. The van der Waals surface area contributed by atoms with Crippen LogP contribution >= 0.6 is 0 Å². The van der Waals surface area contributed by atoms with Crippen molar-refractivity contribution in [3.05, 3.63) is 167 Å². The second kappa shape index (κ2) is 40.2. The summed E-state index contributed by atoms with van der Waals surface area (Å²) in [5, 5.41) is 0. The van der Waals surface area contributed by atoms with Crippen LogP contribution < -0.4 is 37.9 Å². The molecule has 1 aliphatic heterocycles. The van der Waals surface area contributed by atoms with Crippen molar-refractivity contribution in [2.45, 2.75) is 242 Å². The summed E-state index contributed by atoms with van der Waals surface area (Å²) in [4.78, 5) is 0. The Morgan fingerprint density at radius 1 is 0.366 bits per heavy atom. The molecule has 1 fully saturated rings. The molecule has 1 aliphatic carbocycles. The second-order valence-corrected chi connectivity index (χ2v) is 32.9. The molecule has 0 saturated heterocycles. The minimum Gasteiger partial charge on any atom is -0.493 e. The third kappa shape index (κ3) is 39.3. The fourth-order valence-corrected chi connectivity index (χ4v) is 9.04. The van der Waals surface area contributed by atoms with Gasteiger partial charge in [0.1, 0.15) is 34.5 Å². The number of unbranched alkanes of at least 4 members (excludes halogenated alkanes) is 2. The fourth-order valence-electron chi connectivity index (χ4n) is 9.04. The van der Waals surface area contributed by atoms with E-state index in [0.717, 1.165) is 97.8 Å². The second-order valence-electron chi connectivity index (χ2n) is 32.9. The summed E-state index contributed by atoms with van der Waals surface area (Å²) >= 11 is 0. The minimum atomic E-state index is 0.163. The lowest BCUT2D eigenvalue weighted by atomic mass is 9.97. The van der Waals surface area contributed by atoms with Crippen molar-refractivity contribution in [2.75, 3.05) is 46.4 Å². The molecule has 1 saturated carbocycles. The molecule has 0 spiro atoms. The molecule has 6 aromatic carbocycles. The molecule has 0 N–H and O–H groups in total. The predicted octanol–water partition coefficient (Wildman–Crippen LogP) is 24.4. The standard InChI is InChI=1S/C16H24O.C16H26O.2C14H22O.C13H20O.C12H16O3/c1-16(2,3)12-17-15-10-8-14(9-11-15)13-6-4-5-7-13;1-5-6-7-8-14-9-11-15(12-10-14)17-13-16(2,3)4;1-11(2)12-6-8-13(9-7-12)15-10-14(3,4)5;1-5-6-12-7-9-13(10-8-12)15-11-14(2,3)4;1-5-11-7-6-8-12(9-11)14-10-13(2,3)4;1-12(2,3)7-13-9-4-5-10-11(6-9)15-8-14-10/h8-11,13H,4-7,12H2,1-3H3;9-12H,5-8,13H2,1-4H3;6-9,11H,10H2,1-5H3;7-10H,5-6,11H2,1-4H3;6-9H,5,10H2,1-4H3;4-6H,7-8H2,1-3H3. The van der Waals surface area contributed by atoms with Gasteiger partial charge in [-0.2, -0.15) is 0 Å². The van der Waals surface area contributed by atoms with Crippen molar-refractivity contribution in [1.29, 1.82) is 0 Å². The van der Waals surface area contributed by atoms with Gasteiger partial charge in [-0.25, -0.2) is 0 Å². The minimum absolute atomic E-state index is 0.163. The Kier molecular flexibility index (Phi) is 35.0. The van der Waals surface area contributed by atoms with Crippen LogP contribution in [0.25, 0.3) is 0 Å². The summed E-state index contributed by atoms with van der Waals surface area (Å²) in [5.74, 6) is 8.68. The Balaban J connectivity index is 0.000000292. The van der Waals surface area contributed by atoms with Gasteiger partial charge in [0.05, 0.1) is 39.6 Å². The van der Waals surface area contributed by atoms with Gasteiger partial charge in [-0.15, -0.1) is 0 Å². The maximum absolute atomic E-state index is 5.79. The van der Waals surface area contributed by atoms with Crippen LogP contribution in [-0.2, 0) is 19.3 Å². The van der Waals surface area contributed by atoms with E-state index in [4.69, 9.17) is 37.9 Å². The van der Waals surface area contributed by atoms with Crippen LogP contribution in [0.5, 0.6) is 46.0 Å². The highest BCUT2D eigenvalue weighted by atomic mass is 16.7. The molecule has 8 rings (SSSR count). The van der Waals surface area contributed by atoms with Crippen molar-refractivity contribution in [2.24, 2.45) is 32.5 Å². The maximum Gasteiger partial charge on any atom is 0.231 e. The monoisotopic (exact) mass is 1280 g/mol. The van der Waals surface area contributed by atoms with Gasteiger partial charge in [0.15, 0.2) is 11.5 Å². The smallest absolute Gasteiger partial charge is 0.231 e. The zero-order valence-corrected chi connectivity index (χ0v) is 62.9. The van der Waals surface area contributed by atoms with Crippen LogP contribution in [-0.4, -0.2) is 46.4 Å².